The lowest BCUT2D eigenvalue weighted by molar-refractivity contribution is 0.0129. The van der Waals surface area contributed by atoms with Crippen LogP contribution in [-0.2, 0) is 6.42 Å². The van der Waals surface area contributed by atoms with Gasteiger partial charge in [-0.1, -0.05) is 20.8 Å². The van der Waals surface area contributed by atoms with Crippen LogP contribution in [0.4, 0.5) is 16.3 Å². The fourth-order valence-electron chi connectivity index (χ4n) is 4.92. The monoisotopic (exact) mass is 466 g/mol. The summed E-state index contributed by atoms with van der Waals surface area (Å²) in [5.41, 5.74) is 2.76. The van der Waals surface area contributed by atoms with Crippen LogP contribution in [0, 0.1) is 5.41 Å². The Balaban J connectivity index is 1.44. The van der Waals surface area contributed by atoms with E-state index in [4.69, 9.17) is 4.74 Å². The van der Waals surface area contributed by atoms with Crippen LogP contribution in [0.2, 0.25) is 0 Å². The normalized spacial score (nSPS) is 20.1. The fourth-order valence-corrected chi connectivity index (χ4v) is 4.92. The molecule has 8 heteroatoms. The molecule has 1 aromatic carbocycles. The third-order valence-corrected chi connectivity index (χ3v) is 6.73. The number of hydrogen-bond donors (Lipinski definition) is 1. The number of amides is 2. The summed E-state index contributed by atoms with van der Waals surface area (Å²) in [6.07, 6.45) is 3.01. The molecule has 0 bridgehead atoms. The zero-order valence-electron chi connectivity index (χ0n) is 20.6. The first kappa shape index (κ1) is 23.9. The zero-order chi connectivity index (χ0) is 24.6. The van der Waals surface area contributed by atoms with Crippen molar-refractivity contribution in [2.75, 3.05) is 32.1 Å². The Bertz CT molecular complexity index is 1060. The second-order valence-corrected chi connectivity index (χ2v) is 10.4. The first-order chi connectivity index (χ1) is 16.0. The Morgan fingerprint density at radius 1 is 1.15 bits per heavy atom. The molecule has 2 amide bonds. The van der Waals surface area contributed by atoms with E-state index in [2.05, 4.69) is 30.7 Å². The highest BCUT2D eigenvalue weighted by Crippen LogP contribution is 2.36. The lowest BCUT2D eigenvalue weighted by atomic mass is 9.80. The number of ether oxygens (including phenoxy) is 1. The molecule has 8 nitrogen and oxygen atoms in total. The standard InChI is InChI=1S/C26H34N4O4/c1-26(2,3)22-15-19(11-13-30(22)25(32)33)34-20-7-9-23(27-16-20)29-12-10-17-14-18(6-8-21(17)29)24(31)28(4)5/h6-9,14,16,19,22H,10-13,15H2,1-5H3,(H,32,33). The van der Waals surface area contributed by atoms with E-state index in [1.54, 1.807) is 30.1 Å². The Morgan fingerprint density at radius 3 is 2.53 bits per heavy atom. The number of anilines is 2. The van der Waals surface area contributed by atoms with Gasteiger partial charge in [0.1, 0.15) is 17.7 Å². The quantitative estimate of drug-likeness (QED) is 0.718. The Labute approximate surface area is 201 Å². The number of carbonyl (C=O) groups is 2. The lowest BCUT2D eigenvalue weighted by Crippen LogP contribution is -2.53. The smallest absolute Gasteiger partial charge is 0.407 e. The number of hydrogen-bond acceptors (Lipinski definition) is 5. The molecule has 1 N–H and O–H groups in total. The molecule has 34 heavy (non-hydrogen) atoms. The molecule has 0 radical (unpaired) electrons. The van der Waals surface area contributed by atoms with E-state index in [9.17, 15) is 14.7 Å². The van der Waals surface area contributed by atoms with Crippen molar-refractivity contribution >= 4 is 23.5 Å². The number of benzene rings is 1. The molecule has 0 aliphatic carbocycles. The van der Waals surface area contributed by atoms with Crippen LogP contribution in [0.25, 0.3) is 0 Å². The number of pyridine rings is 1. The number of fused-ring (bicyclic) bond motifs is 1. The van der Waals surface area contributed by atoms with Gasteiger partial charge in [-0.05, 0) is 47.7 Å². The molecule has 1 fully saturated rings. The highest BCUT2D eigenvalue weighted by Gasteiger charge is 2.39. The molecule has 2 unspecified atom stereocenters. The average molecular weight is 467 g/mol. The van der Waals surface area contributed by atoms with E-state index in [1.807, 2.05) is 30.3 Å². The predicted molar refractivity (Wildman–Crippen MR) is 131 cm³/mol. The minimum absolute atomic E-state index is 0.00349. The molecule has 4 rings (SSSR count). The predicted octanol–water partition coefficient (Wildman–Crippen LogP) is 4.41. The number of piperidine rings is 1. The number of likely N-dealkylation sites (tertiary alicyclic amines) is 1. The maximum atomic E-state index is 12.3. The van der Waals surface area contributed by atoms with Crippen molar-refractivity contribution < 1.29 is 19.4 Å². The molecule has 2 aliphatic heterocycles. The molecule has 182 valence electrons. The first-order valence-corrected chi connectivity index (χ1v) is 11.8. The maximum absolute atomic E-state index is 12.3. The first-order valence-electron chi connectivity index (χ1n) is 11.8. The van der Waals surface area contributed by atoms with Gasteiger partial charge in [0.25, 0.3) is 5.91 Å². The molecule has 2 aliphatic rings. The third kappa shape index (κ3) is 4.81. The Kier molecular flexibility index (Phi) is 6.43. The van der Waals surface area contributed by atoms with Crippen LogP contribution in [0.15, 0.2) is 36.5 Å². The molecule has 2 atom stereocenters. The van der Waals surface area contributed by atoms with Crippen molar-refractivity contribution in [3.05, 3.63) is 47.7 Å². The van der Waals surface area contributed by atoms with Gasteiger partial charge in [-0.15, -0.1) is 0 Å². The van der Waals surface area contributed by atoms with Gasteiger partial charge >= 0.3 is 6.09 Å². The summed E-state index contributed by atoms with van der Waals surface area (Å²) in [7, 11) is 3.52. The molecule has 1 saturated heterocycles. The second-order valence-electron chi connectivity index (χ2n) is 10.4. The van der Waals surface area contributed by atoms with E-state index in [0.717, 1.165) is 30.0 Å². The summed E-state index contributed by atoms with van der Waals surface area (Å²) in [4.78, 5) is 33.9. The largest absolute Gasteiger partial charge is 0.489 e. The molecular formula is C26H34N4O4. The van der Waals surface area contributed by atoms with Gasteiger partial charge in [0.05, 0.1) is 6.20 Å². The van der Waals surface area contributed by atoms with Gasteiger partial charge in [-0.2, -0.15) is 0 Å². The molecule has 0 spiro atoms. The number of carboxylic acid groups (broad SMARTS) is 1. The van der Waals surface area contributed by atoms with Crippen molar-refractivity contribution in [3.63, 3.8) is 0 Å². The van der Waals surface area contributed by atoms with Crippen LogP contribution >= 0.6 is 0 Å². The van der Waals surface area contributed by atoms with E-state index >= 15 is 0 Å². The lowest BCUT2D eigenvalue weighted by Gasteiger charge is -2.44. The van der Waals surface area contributed by atoms with Crippen LogP contribution in [0.5, 0.6) is 5.75 Å². The molecule has 1 aromatic heterocycles. The van der Waals surface area contributed by atoms with Crippen molar-refractivity contribution in [1.82, 2.24) is 14.8 Å². The summed E-state index contributed by atoms with van der Waals surface area (Å²) in [6.45, 7) is 7.48. The number of aromatic nitrogens is 1. The van der Waals surface area contributed by atoms with Crippen molar-refractivity contribution in [3.8, 4) is 5.75 Å². The minimum atomic E-state index is -0.867. The van der Waals surface area contributed by atoms with Gasteiger partial charge < -0.3 is 24.5 Å². The van der Waals surface area contributed by atoms with Gasteiger partial charge in [0, 0.05) is 57.3 Å². The summed E-state index contributed by atoms with van der Waals surface area (Å²) in [6, 6.07) is 9.63. The number of rotatable bonds is 4. The van der Waals surface area contributed by atoms with E-state index < -0.39 is 6.09 Å². The fraction of sp³-hybridized carbons (Fsp3) is 0.500. The summed E-state index contributed by atoms with van der Waals surface area (Å²) < 4.78 is 6.22. The molecule has 3 heterocycles. The molecular weight excluding hydrogens is 432 g/mol. The van der Waals surface area contributed by atoms with E-state index in [1.165, 1.54) is 0 Å². The molecule has 2 aromatic rings. The van der Waals surface area contributed by atoms with Gasteiger partial charge in [-0.25, -0.2) is 9.78 Å². The number of nitrogens with zero attached hydrogens (tertiary/aromatic N) is 4. The van der Waals surface area contributed by atoms with Crippen LogP contribution < -0.4 is 9.64 Å². The average Bonchev–Trinajstić information content (AvgIpc) is 3.21. The van der Waals surface area contributed by atoms with Crippen molar-refractivity contribution in [2.24, 2.45) is 5.41 Å². The van der Waals surface area contributed by atoms with Crippen LogP contribution in [0.1, 0.15) is 49.5 Å². The van der Waals surface area contributed by atoms with Crippen molar-refractivity contribution in [2.45, 2.75) is 52.2 Å². The summed E-state index contributed by atoms with van der Waals surface area (Å²) >= 11 is 0. The third-order valence-electron chi connectivity index (χ3n) is 6.73. The van der Waals surface area contributed by atoms with Gasteiger partial charge in [-0.3, -0.25) is 4.79 Å². The summed E-state index contributed by atoms with van der Waals surface area (Å²) in [5.74, 6) is 1.53. The Morgan fingerprint density at radius 2 is 1.91 bits per heavy atom. The highest BCUT2D eigenvalue weighted by molar-refractivity contribution is 5.95. The molecule has 0 saturated carbocycles. The van der Waals surface area contributed by atoms with Crippen LogP contribution in [-0.4, -0.2) is 71.2 Å². The van der Waals surface area contributed by atoms with E-state index in [0.29, 0.717) is 30.7 Å². The van der Waals surface area contributed by atoms with E-state index in [-0.39, 0.29) is 23.5 Å². The Hall–Kier alpha value is -3.29. The second kappa shape index (κ2) is 9.16. The minimum Gasteiger partial charge on any atom is -0.489 e. The van der Waals surface area contributed by atoms with Crippen LogP contribution in [0.3, 0.4) is 0 Å². The zero-order valence-corrected chi connectivity index (χ0v) is 20.6. The van der Waals surface area contributed by atoms with Gasteiger partial charge in [0.15, 0.2) is 0 Å². The number of carbonyl (C=O) groups excluding carboxylic acids is 1. The maximum Gasteiger partial charge on any atom is 0.407 e. The van der Waals surface area contributed by atoms with Crippen molar-refractivity contribution in [1.29, 1.82) is 0 Å². The summed E-state index contributed by atoms with van der Waals surface area (Å²) in [5, 5.41) is 9.57. The van der Waals surface area contributed by atoms with Gasteiger partial charge in [0.2, 0.25) is 0 Å². The SMILES string of the molecule is CN(C)C(=O)c1ccc2c(c1)CCN2c1ccc(OC2CCN(C(=O)O)C(C(C)(C)C)C2)cn1. The highest BCUT2D eigenvalue weighted by atomic mass is 16.5. The topological polar surface area (TPSA) is 86.2 Å².